The number of aromatic nitrogens is 4. The second kappa shape index (κ2) is 10.7. The monoisotopic (exact) mass is 551 g/mol. The lowest BCUT2D eigenvalue weighted by Crippen LogP contribution is -2.43. The second-order valence-electron chi connectivity index (χ2n) is 9.84. The van der Waals surface area contributed by atoms with Gasteiger partial charge in [0.25, 0.3) is 5.56 Å². The summed E-state index contributed by atoms with van der Waals surface area (Å²) in [5, 5.41) is 6.43. The van der Waals surface area contributed by atoms with Gasteiger partial charge in [-0.05, 0) is 64.3 Å². The number of rotatable bonds is 6. The average molecular weight is 552 g/mol. The summed E-state index contributed by atoms with van der Waals surface area (Å²) >= 11 is 1.30. The van der Waals surface area contributed by atoms with Crippen molar-refractivity contribution >= 4 is 28.2 Å². The van der Waals surface area contributed by atoms with Crippen LogP contribution in [0.4, 0.5) is 4.39 Å². The van der Waals surface area contributed by atoms with Crippen LogP contribution >= 0.6 is 11.3 Å². The number of halogens is 1. The number of esters is 1. The minimum atomic E-state index is -0.374. The number of likely N-dealkylation sites (tertiary alicyclic amines) is 1. The molecule has 1 aliphatic heterocycles. The molecular formula is C28H30FN5O4S. The third-order valence-electron chi connectivity index (χ3n) is 7.09. The summed E-state index contributed by atoms with van der Waals surface area (Å²) < 4.78 is 22.2. The van der Waals surface area contributed by atoms with E-state index in [1.54, 1.807) is 40.9 Å². The van der Waals surface area contributed by atoms with Crippen LogP contribution in [0.3, 0.4) is 0 Å². The number of thiazole rings is 1. The van der Waals surface area contributed by atoms with Crippen molar-refractivity contribution in [3.63, 3.8) is 0 Å². The van der Waals surface area contributed by atoms with Gasteiger partial charge in [-0.2, -0.15) is 5.10 Å². The number of carbonyl (C=O) groups is 2. The van der Waals surface area contributed by atoms with Crippen LogP contribution in [-0.4, -0.2) is 55.6 Å². The molecule has 4 aromatic rings. The first kappa shape index (κ1) is 26.7. The van der Waals surface area contributed by atoms with E-state index in [0.717, 1.165) is 17.7 Å². The molecule has 0 spiro atoms. The number of carbonyl (C=O) groups excluding carboxylic acids is 2. The predicted molar refractivity (Wildman–Crippen MR) is 146 cm³/mol. The second-order valence-corrected chi connectivity index (χ2v) is 10.7. The molecule has 1 fully saturated rings. The van der Waals surface area contributed by atoms with E-state index in [1.165, 1.54) is 27.9 Å². The number of piperidine rings is 1. The molecule has 0 radical (unpaired) electrons. The SMILES string of the molecule is CCOC(=O)C1CCCN(C(=O)Cc2csc3nc(C)c(-c4cc(C)n(-c5cc(F)ccc5C)n4)c(=O)n23)C1. The van der Waals surface area contributed by atoms with Crippen LogP contribution in [0.5, 0.6) is 0 Å². The molecule has 0 saturated carbocycles. The van der Waals surface area contributed by atoms with Crippen molar-refractivity contribution in [1.29, 1.82) is 0 Å². The zero-order valence-corrected chi connectivity index (χ0v) is 23.2. The number of fused-ring (bicyclic) bond motifs is 1. The molecule has 0 bridgehead atoms. The van der Waals surface area contributed by atoms with Crippen LogP contribution in [-0.2, 0) is 20.7 Å². The maximum atomic E-state index is 14.0. The third kappa shape index (κ3) is 5.10. The Kier molecular flexibility index (Phi) is 7.35. The van der Waals surface area contributed by atoms with Crippen LogP contribution in [0.15, 0.2) is 34.4 Å². The van der Waals surface area contributed by atoms with Crippen molar-refractivity contribution in [3.8, 4) is 16.9 Å². The maximum Gasteiger partial charge on any atom is 0.310 e. The molecule has 0 aliphatic carbocycles. The first-order valence-corrected chi connectivity index (χ1v) is 13.8. The van der Waals surface area contributed by atoms with Gasteiger partial charge < -0.3 is 9.64 Å². The van der Waals surface area contributed by atoms with Gasteiger partial charge >= 0.3 is 5.97 Å². The van der Waals surface area contributed by atoms with Gasteiger partial charge in [0.2, 0.25) is 5.91 Å². The highest BCUT2D eigenvalue weighted by molar-refractivity contribution is 7.15. The molecule has 1 unspecified atom stereocenters. The van der Waals surface area contributed by atoms with Crippen molar-refractivity contribution in [3.05, 3.63) is 68.5 Å². The number of nitrogens with zero attached hydrogens (tertiary/aromatic N) is 5. The molecule has 5 rings (SSSR count). The number of ether oxygens (including phenoxy) is 1. The Morgan fingerprint density at radius 3 is 2.77 bits per heavy atom. The van der Waals surface area contributed by atoms with Crippen LogP contribution in [0.1, 0.15) is 42.4 Å². The molecule has 1 amide bonds. The van der Waals surface area contributed by atoms with E-state index in [-0.39, 0.29) is 35.6 Å². The summed E-state index contributed by atoms with van der Waals surface area (Å²) in [5.74, 6) is -1.14. The lowest BCUT2D eigenvalue weighted by atomic mass is 9.98. The van der Waals surface area contributed by atoms with Crippen molar-refractivity contribution in [2.45, 2.75) is 47.0 Å². The van der Waals surface area contributed by atoms with E-state index in [2.05, 4.69) is 10.1 Å². The Morgan fingerprint density at radius 2 is 2.00 bits per heavy atom. The highest BCUT2D eigenvalue weighted by Crippen LogP contribution is 2.25. The van der Waals surface area contributed by atoms with Gasteiger partial charge in [0.05, 0.1) is 35.9 Å². The average Bonchev–Trinajstić information content (AvgIpc) is 3.48. The van der Waals surface area contributed by atoms with Gasteiger partial charge in [-0.15, -0.1) is 11.3 Å². The number of hydrogen-bond acceptors (Lipinski definition) is 7. The summed E-state index contributed by atoms with van der Waals surface area (Å²) in [6.07, 6.45) is 1.42. The molecule has 4 heterocycles. The molecule has 3 aromatic heterocycles. The lowest BCUT2D eigenvalue weighted by Gasteiger charge is -2.31. The van der Waals surface area contributed by atoms with Crippen molar-refractivity contribution in [2.75, 3.05) is 19.7 Å². The van der Waals surface area contributed by atoms with Gasteiger partial charge in [-0.3, -0.25) is 18.8 Å². The lowest BCUT2D eigenvalue weighted by molar-refractivity contribution is -0.151. The van der Waals surface area contributed by atoms with Gasteiger partial charge in [-0.25, -0.2) is 14.1 Å². The van der Waals surface area contributed by atoms with Crippen LogP contribution < -0.4 is 5.56 Å². The van der Waals surface area contributed by atoms with E-state index < -0.39 is 0 Å². The summed E-state index contributed by atoms with van der Waals surface area (Å²) in [4.78, 5) is 46.1. The number of aryl methyl sites for hydroxylation is 3. The largest absolute Gasteiger partial charge is 0.466 e. The molecule has 0 N–H and O–H groups in total. The Morgan fingerprint density at radius 1 is 1.21 bits per heavy atom. The summed E-state index contributed by atoms with van der Waals surface area (Å²) in [7, 11) is 0. The van der Waals surface area contributed by atoms with Crippen molar-refractivity contribution in [2.24, 2.45) is 5.92 Å². The first-order valence-electron chi connectivity index (χ1n) is 13.0. The van der Waals surface area contributed by atoms with E-state index >= 15 is 0 Å². The van der Waals surface area contributed by atoms with Crippen molar-refractivity contribution < 1.29 is 18.7 Å². The molecule has 39 heavy (non-hydrogen) atoms. The van der Waals surface area contributed by atoms with Gasteiger partial charge in [0.15, 0.2) is 4.96 Å². The topological polar surface area (TPSA) is 98.8 Å². The van der Waals surface area contributed by atoms with Crippen molar-refractivity contribution in [1.82, 2.24) is 24.1 Å². The first-order chi connectivity index (χ1) is 18.7. The summed E-state index contributed by atoms with van der Waals surface area (Å²) in [6, 6.07) is 6.27. The molecule has 11 heteroatoms. The number of amides is 1. The van der Waals surface area contributed by atoms with E-state index in [0.29, 0.717) is 59.4 Å². The van der Waals surface area contributed by atoms with Crippen LogP contribution in [0.25, 0.3) is 21.9 Å². The minimum Gasteiger partial charge on any atom is -0.466 e. The van der Waals surface area contributed by atoms with Crippen LogP contribution in [0.2, 0.25) is 0 Å². The number of hydrogen-bond donors (Lipinski definition) is 0. The molecule has 1 aliphatic rings. The minimum absolute atomic E-state index is 0.00951. The fourth-order valence-electron chi connectivity index (χ4n) is 5.10. The molecule has 1 aromatic carbocycles. The van der Waals surface area contributed by atoms with Crippen LogP contribution in [0, 0.1) is 32.5 Å². The molecule has 204 valence electrons. The van der Waals surface area contributed by atoms with E-state index in [4.69, 9.17) is 4.74 Å². The van der Waals surface area contributed by atoms with Gasteiger partial charge in [0.1, 0.15) is 11.5 Å². The highest BCUT2D eigenvalue weighted by atomic mass is 32.1. The van der Waals surface area contributed by atoms with Gasteiger partial charge in [0, 0.05) is 29.9 Å². The Labute approximate surface area is 228 Å². The molecule has 9 nitrogen and oxygen atoms in total. The zero-order valence-electron chi connectivity index (χ0n) is 22.4. The zero-order chi connectivity index (χ0) is 27.8. The Balaban J connectivity index is 1.47. The molecule has 1 saturated heterocycles. The smallest absolute Gasteiger partial charge is 0.310 e. The molecular weight excluding hydrogens is 521 g/mol. The summed E-state index contributed by atoms with van der Waals surface area (Å²) in [5.41, 5.74) is 3.68. The summed E-state index contributed by atoms with van der Waals surface area (Å²) in [6.45, 7) is 8.42. The fraction of sp³-hybridized carbons (Fsp3) is 0.393. The van der Waals surface area contributed by atoms with E-state index in [1.807, 2.05) is 13.8 Å². The quantitative estimate of drug-likeness (QED) is 0.336. The highest BCUT2D eigenvalue weighted by Gasteiger charge is 2.30. The maximum absolute atomic E-state index is 14.0. The third-order valence-corrected chi connectivity index (χ3v) is 7.96. The number of benzene rings is 1. The predicted octanol–water partition coefficient (Wildman–Crippen LogP) is 4.02. The standard InChI is InChI=1S/C28H30FN5O4S/c1-5-38-27(37)19-7-6-10-32(14-19)24(35)13-21-15-39-28-30-18(4)25(26(36)33(21)28)22-11-17(3)34(31-22)23-12-20(29)9-8-16(23)2/h8-9,11-12,15,19H,5-7,10,13-14H2,1-4H3. The normalized spacial score (nSPS) is 15.6. The van der Waals surface area contributed by atoms with E-state index in [9.17, 15) is 18.8 Å². The Bertz CT molecular complexity index is 1640. The fourth-order valence-corrected chi connectivity index (χ4v) is 6.02. The molecule has 1 atom stereocenters. The van der Waals surface area contributed by atoms with Gasteiger partial charge in [-0.1, -0.05) is 6.07 Å². The Hall–Kier alpha value is -3.86.